The molecule has 0 aromatic rings. The number of carbonyl (C=O) groups is 4. The molecule has 0 amide bonds. The van der Waals surface area contributed by atoms with E-state index >= 15 is 0 Å². The Kier molecular flexibility index (Phi) is 4.77. The number of hydrogen-bond acceptors (Lipinski definition) is 7. The van der Waals surface area contributed by atoms with Crippen molar-refractivity contribution in [3.63, 3.8) is 0 Å². The van der Waals surface area contributed by atoms with E-state index in [1.54, 1.807) is 0 Å². The van der Waals surface area contributed by atoms with Crippen molar-refractivity contribution in [1.82, 2.24) is 0 Å². The molecule has 0 aromatic carbocycles. The Morgan fingerprint density at radius 2 is 1.73 bits per heavy atom. The number of ether oxygens (including phenoxy) is 2. The van der Waals surface area contributed by atoms with Gasteiger partial charge in [-0.25, -0.2) is 0 Å². The lowest BCUT2D eigenvalue weighted by molar-refractivity contribution is -0.213. The summed E-state index contributed by atoms with van der Waals surface area (Å²) in [4.78, 5) is 50.9. The zero-order valence-electron chi connectivity index (χ0n) is 18.0. The van der Waals surface area contributed by atoms with Gasteiger partial charge < -0.3 is 14.6 Å². The van der Waals surface area contributed by atoms with Crippen LogP contribution in [0.2, 0.25) is 0 Å². The second-order valence-corrected chi connectivity index (χ2v) is 10.2. The van der Waals surface area contributed by atoms with Crippen molar-refractivity contribution in [2.75, 3.05) is 0 Å². The van der Waals surface area contributed by atoms with E-state index < -0.39 is 52.9 Å². The van der Waals surface area contributed by atoms with E-state index in [0.29, 0.717) is 31.3 Å². The second kappa shape index (κ2) is 6.74. The topological polar surface area (TPSA) is 107 Å². The highest BCUT2D eigenvalue weighted by Gasteiger charge is 2.73. The number of ketones is 2. The quantitative estimate of drug-likeness (QED) is 0.540. The Morgan fingerprint density at radius 3 is 2.33 bits per heavy atom. The third-order valence-corrected chi connectivity index (χ3v) is 8.23. The molecule has 1 spiro atoms. The molecular formula is C23H30O7. The maximum Gasteiger partial charge on any atom is 0.303 e. The van der Waals surface area contributed by atoms with Crippen LogP contribution in [0.15, 0.2) is 12.2 Å². The molecule has 8 unspecified atom stereocenters. The van der Waals surface area contributed by atoms with Gasteiger partial charge in [0.25, 0.3) is 0 Å². The molecule has 4 aliphatic carbocycles. The fourth-order valence-electron chi connectivity index (χ4n) is 7.23. The molecule has 0 saturated heterocycles. The summed E-state index contributed by atoms with van der Waals surface area (Å²) in [5.74, 6) is -3.13. The van der Waals surface area contributed by atoms with Crippen LogP contribution in [0.25, 0.3) is 0 Å². The molecule has 7 heteroatoms. The lowest BCUT2D eigenvalue weighted by Gasteiger charge is -2.60. The Labute approximate surface area is 176 Å². The maximum absolute atomic E-state index is 13.9. The standard InChI is InChI=1S/C23H30O7/c1-10-13-8-15(26)17-14-6-7-16(29-11(2)24)22(4,5)18(14)19(27)21(30-12(3)25)23(17,9-13)20(10)28/h13-18,21,26H,1,6-9H2,2-5H3. The van der Waals surface area contributed by atoms with Crippen LogP contribution < -0.4 is 0 Å². The van der Waals surface area contributed by atoms with E-state index in [-0.39, 0.29) is 23.4 Å². The van der Waals surface area contributed by atoms with Crippen LogP contribution in [0.1, 0.15) is 53.4 Å². The smallest absolute Gasteiger partial charge is 0.303 e. The average Bonchev–Trinajstić information content (AvgIpc) is 2.82. The maximum atomic E-state index is 13.9. The minimum Gasteiger partial charge on any atom is -0.462 e. The Morgan fingerprint density at radius 1 is 1.10 bits per heavy atom. The fourth-order valence-corrected chi connectivity index (χ4v) is 7.23. The molecule has 164 valence electrons. The van der Waals surface area contributed by atoms with Gasteiger partial charge >= 0.3 is 11.9 Å². The van der Waals surface area contributed by atoms with E-state index in [4.69, 9.17) is 9.47 Å². The summed E-state index contributed by atoms with van der Waals surface area (Å²) in [5.41, 5.74) is -1.54. The number of fused-ring (bicyclic) bond motifs is 3. The number of Topliss-reactive ketones (excluding diaryl/α,β-unsaturated/α-hetero) is 2. The largest absolute Gasteiger partial charge is 0.462 e. The summed E-state index contributed by atoms with van der Waals surface area (Å²) in [6, 6.07) is 0. The number of aliphatic hydroxyl groups excluding tert-OH is 1. The van der Waals surface area contributed by atoms with Crippen molar-refractivity contribution in [2.45, 2.75) is 71.7 Å². The predicted molar refractivity (Wildman–Crippen MR) is 105 cm³/mol. The van der Waals surface area contributed by atoms with Gasteiger partial charge in [0.05, 0.1) is 11.5 Å². The van der Waals surface area contributed by atoms with Crippen LogP contribution >= 0.6 is 0 Å². The first kappa shape index (κ1) is 21.2. The second-order valence-electron chi connectivity index (χ2n) is 10.2. The van der Waals surface area contributed by atoms with Gasteiger partial charge in [-0.05, 0) is 43.1 Å². The normalized spacial score (nSPS) is 44.2. The predicted octanol–water partition coefficient (Wildman–Crippen LogP) is 2.00. The molecule has 1 N–H and O–H groups in total. The SMILES string of the molecule is C=C1C(=O)C23CC1CC(O)C2C1CCC(OC(C)=O)C(C)(C)C1C(=O)C3OC(C)=O. The third kappa shape index (κ3) is 2.67. The molecule has 8 atom stereocenters. The molecule has 30 heavy (non-hydrogen) atoms. The van der Waals surface area contributed by atoms with Gasteiger partial charge in [-0.15, -0.1) is 0 Å². The Bertz CT molecular complexity index is 842. The van der Waals surface area contributed by atoms with Crippen LogP contribution in [-0.4, -0.2) is 46.9 Å². The Hall–Kier alpha value is -2.02. The van der Waals surface area contributed by atoms with Gasteiger partial charge in [0, 0.05) is 31.1 Å². The number of rotatable bonds is 2. The number of allylic oxidation sites excluding steroid dienone is 1. The van der Waals surface area contributed by atoms with Crippen molar-refractivity contribution in [3.8, 4) is 0 Å². The highest BCUT2D eigenvalue weighted by Crippen LogP contribution is 2.66. The van der Waals surface area contributed by atoms with Crippen molar-refractivity contribution < 1.29 is 33.8 Å². The fraction of sp³-hybridized carbons (Fsp3) is 0.739. The van der Waals surface area contributed by atoms with E-state index in [9.17, 15) is 24.3 Å². The van der Waals surface area contributed by atoms with Crippen molar-refractivity contribution in [2.24, 2.45) is 34.5 Å². The van der Waals surface area contributed by atoms with Crippen LogP contribution in [0.4, 0.5) is 0 Å². The minimum absolute atomic E-state index is 0.198. The first-order chi connectivity index (χ1) is 13.9. The monoisotopic (exact) mass is 418 g/mol. The molecule has 0 aliphatic heterocycles. The number of aliphatic hydroxyl groups is 1. The lowest BCUT2D eigenvalue weighted by Crippen LogP contribution is -2.68. The van der Waals surface area contributed by atoms with Crippen LogP contribution in [0.3, 0.4) is 0 Å². The minimum atomic E-state index is -1.25. The van der Waals surface area contributed by atoms with E-state index in [0.717, 1.165) is 0 Å². The molecule has 2 bridgehead atoms. The summed E-state index contributed by atoms with van der Waals surface area (Å²) < 4.78 is 11.1. The highest BCUT2D eigenvalue weighted by molar-refractivity contribution is 6.08. The van der Waals surface area contributed by atoms with Crippen LogP contribution in [0, 0.1) is 34.5 Å². The summed E-state index contributed by atoms with van der Waals surface area (Å²) in [7, 11) is 0. The summed E-state index contributed by atoms with van der Waals surface area (Å²) in [6.07, 6.45) is -0.583. The van der Waals surface area contributed by atoms with Gasteiger partial charge in [0.1, 0.15) is 6.10 Å². The third-order valence-electron chi connectivity index (χ3n) is 8.23. The molecular weight excluding hydrogens is 388 g/mol. The van der Waals surface area contributed by atoms with Crippen LogP contribution in [0.5, 0.6) is 0 Å². The molecule has 0 aromatic heterocycles. The molecule has 4 aliphatic rings. The molecule has 4 fully saturated rings. The van der Waals surface area contributed by atoms with Crippen molar-refractivity contribution in [1.29, 1.82) is 0 Å². The zero-order chi connectivity index (χ0) is 22.2. The number of carbonyl (C=O) groups excluding carboxylic acids is 4. The lowest BCUT2D eigenvalue weighted by atomic mass is 9.44. The van der Waals surface area contributed by atoms with Gasteiger partial charge in [-0.1, -0.05) is 20.4 Å². The molecule has 4 rings (SSSR count). The van der Waals surface area contributed by atoms with Gasteiger partial charge in [-0.2, -0.15) is 0 Å². The molecule has 0 radical (unpaired) electrons. The van der Waals surface area contributed by atoms with Gasteiger partial charge in [0.2, 0.25) is 0 Å². The summed E-state index contributed by atoms with van der Waals surface area (Å²) >= 11 is 0. The van der Waals surface area contributed by atoms with E-state index in [1.165, 1.54) is 13.8 Å². The van der Waals surface area contributed by atoms with Crippen molar-refractivity contribution >= 4 is 23.5 Å². The zero-order valence-corrected chi connectivity index (χ0v) is 18.0. The Balaban J connectivity index is 1.85. The number of hydrogen-bond donors (Lipinski definition) is 1. The molecule has 7 nitrogen and oxygen atoms in total. The highest BCUT2D eigenvalue weighted by atomic mass is 16.6. The van der Waals surface area contributed by atoms with Gasteiger partial charge in [-0.3, -0.25) is 19.2 Å². The first-order valence-corrected chi connectivity index (χ1v) is 10.7. The summed E-state index contributed by atoms with van der Waals surface area (Å²) in [5, 5.41) is 11.1. The van der Waals surface area contributed by atoms with Crippen molar-refractivity contribution in [3.05, 3.63) is 12.2 Å². The summed E-state index contributed by atoms with van der Waals surface area (Å²) in [6.45, 7) is 10.3. The van der Waals surface area contributed by atoms with E-state index in [1.807, 2.05) is 13.8 Å². The van der Waals surface area contributed by atoms with Crippen LogP contribution in [-0.2, 0) is 28.7 Å². The van der Waals surface area contributed by atoms with E-state index in [2.05, 4.69) is 6.58 Å². The van der Waals surface area contributed by atoms with Gasteiger partial charge in [0.15, 0.2) is 17.7 Å². The molecule has 4 saturated carbocycles. The first-order valence-electron chi connectivity index (χ1n) is 10.7. The molecule has 0 heterocycles. The number of esters is 2. The average molecular weight is 418 g/mol.